The number of aromatic nitrogens is 1. The van der Waals surface area contributed by atoms with Crippen molar-refractivity contribution in [3.63, 3.8) is 0 Å². The minimum absolute atomic E-state index is 0.583. The second-order valence-corrected chi connectivity index (χ2v) is 16.0. The fourth-order valence-electron chi connectivity index (χ4n) is 10.8. The zero-order chi connectivity index (χ0) is 38.8. The first-order chi connectivity index (χ1) is 29.2. The van der Waals surface area contributed by atoms with Crippen LogP contribution in [-0.2, 0) is 5.41 Å². The van der Waals surface area contributed by atoms with Gasteiger partial charge in [0, 0.05) is 49.6 Å². The summed E-state index contributed by atoms with van der Waals surface area (Å²) in [6.07, 6.45) is 0. The molecule has 3 heterocycles. The summed E-state index contributed by atoms with van der Waals surface area (Å²) >= 11 is 0. The number of para-hydroxylation sites is 5. The maximum atomic E-state index is 6.59. The van der Waals surface area contributed by atoms with Gasteiger partial charge < -0.3 is 13.9 Å². The average molecular weight is 753 g/mol. The molecule has 0 saturated carbocycles. The predicted octanol–water partition coefficient (Wildman–Crippen LogP) is 14.8. The summed E-state index contributed by atoms with van der Waals surface area (Å²) in [6, 6.07) is 73.7. The Bertz CT molecular complexity index is 3530. The van der Waals surface area contributed by atoms with Gasteiger partial charge in [0.1, 0.15) is 11.3 Å². The van der Waals surface area contributed by atoms with Gasteiger partial charge >= 0.3 is 0 Å². The molecular formula is C56H36N2O. The van der Waals surface area contributed by atoms with E-state index in [1.807, 2.05) is 6.07 Å². The predicted molar refractivity (Wildman–Crippen MR) is 244 cm³/mol. The number of furan rings is 1. The molecule has 1 aliphatic heterocycles. The van der Waals surface area contributed by atoms with Gasteiger partial charge in [-0.05, 0) is 88.7 Å². The van der Waals surface area contributed by atoms with E-state index >= 15 is 0 Å². The zero-order valence-electron chi connectivity index (χ0n) is 32.4. The topological polar surface area (TPSA) is 21.3 Å². The second kappa shape index (κ2) is 12.0. The molecule has 0 N–H and O–H groups in total. The average Bonchev–Trinajstić information content (AvgIpc) is 3.92. The van der Waals surface area contributed by atoms with E-state index in [2.05, 4.69) is 211 Å². The van der Waals surface area contributed by atoms with E-state index in [-0.39, 0.29) is 0 Å². The Morgan fingerprint density at radius 3 is 2.03 bits per heavy atom. The van der Waals surface area contributed by atoms with Crippen LogP contribution in [0.5, 0.6) is 0 Å². The lowest BCUT2D eigenvalue weighted by atomic mass is 9.65. The first kappa shape index (κ1) is 32.5. The van der Waals surface area contributed by atoms with E-state index in [1.165, 1.54) is 77.3 Å². The van der Waals surface area contributed by atoms with Crippen molar-refractivity contribution in [2.24, 2.45) is 0 Å². The van der Waals surface area contributed by atoms with Crippen LogP contribution >= 0.6 is 0 Å². The van der Waals surface area contributed by atoms with Crippen molar-refractivity contribution in [1.29, 1.82) is 0 Å². The lowest BCUT2D eigenvalue weighted by molar-refractivity contribution is 0.629. The van der Waals surface area contributed by atoms with E-state index in [4.69, 9.17) is 4.42 Å². The lowest BCUT2D eigenvalue weighted by Gasteiger charge is -2.40. The highest BCUT2D eigenvalue weighted by molar-refractivity contribution is 6.15. The lowest BCUT2D eigenvalue weighted by Crippen LogP contribution is -2.33. The maximum absolute atomic E-state index is 6.59. The molecule has 1 aliphatic carbocycles. The minimum atomic E-state index is -0.583. The third-order valence-electron chi connectivity index (χ3n) is 13.1. The number of benzene rings is 9. The Morgan fingerprint density at radius 1 is 0.492 bits per heavy atom. The normalized spacial score (nSPS) is 14.9. The monoisotopic (exact) mass is 752 g/mol. The van der Waals surface area contributed by atoms with Crippen LogP contribution in [0.3, 0.4) is 0 Å². The molecule has 11 aromatic rings. The van der Waals surface area contributed by atoms with Crippen molar-refractivity contribution >= 4 is 60.6 Å². The van der Waals surface area contributed by atoms with Gasteiger partial charge in [0.2, 0.25) is 0 Å². The number of rotatable bonds is 4. The Hall–Kier alpha value is -7.62. The number of anilines is 3. The molecule has 2 aliphatic rings. The standard InChI is InChI=1S/C56H36N2O/c1-35-40-22-9-14-32-51(40)59-55(35)37-18-15-21-39(33-37)57(38-19-3-2-4-20-38)54-41-23-6-5-17-36(41)34-48-52(54)44-25-7-10-27-45(44)56(48)46-28-11-13-31-50(46)58-49-30-12-8-24-42(49)43-26-16-29-47(56)53(43)58/h2-34H,1H3. The van der Waals surface area contributed by atoms with Crippen LogP contribution in [0.25, 0.3) is 71.7 Å². The van der Waals surface area contributed by atoms with Crippen LogP contribution in [-0.4, -0.2) is 4.57 Å². The molecule has 0 saturated heterocycles. The molecule has 59 heavy (non-hydrogen) atoms. The number of nitrogens with zero attached hydrogens (tertiary/aromatic N) is 2. The smallest absolute Gasteiger partial charge is 0.138 e. The summed E-state index contributed by atoms with van der Waals surface area (Å²) in [7, 11) is 0. The minimum Gasteiger partial charge on any atom is -0.456 e. The van der Waals surface area contributed by atoms with Crippen molar-refractivity contribution in [3.8, 4) is 28.1 Å². The first-order valence-electron chi connectivity index (χ1n) is 20.4. The van der Waals surface area contributed by atoms with E-state index in [1.54, 1.807) is 0 Å². The van der Waals surface area contributed by atoms with Gasteiger partial charge in [-0.2, -0.15) is 0 Å². The van der Waals surface area contributed by atoms with Gasteiger partial charge in [0.25, 0.3) is 0 Å². The fraction of sp³-hybridized carbons (Fsp3) is 0.0357. The third-order valence-corrected chi connectivity index (χ3v) is 13.1. The van der Waals surface area contributed by atoms with Crippen LogP contribution in [0, 0.1) is 6.92 Å². The molecule has 1 unspecified atom stereocenters. The van der Waals surface area contributed by atoms with E-state index in [9.17, 15) is 0 Å². The Labute approximate surface area is 341 Å². The summed E-state index contributed by atoms with van der Waals surface area (Å²) in [5.41, 5.74) is 17.3. The summed E-state index contributed by atoms with van der Waals surface area (Å²) in [5.74, 6) is 0.899. The summed E-state index contributed by atoms with van der Waals surface area (Å²) in [4.78, 5) is 2.49. The van der Waals surface area contributed by atoms with Crippen molar-refractivity contribution < 1.29 is 4.42 Å². The van der Waals surface area contributed by atoms with Crippen LogP contribution in [0.2, 0.25) is 0 Å². The first-order valence-corrected chi connectivity index (χ1v) is 20.4. The van der Waals surface area contributed by atoms with Crippen LogP contribution < -0.4 is 4.90 Å². The van der Waals surface area contributed by atoms with Crippen LogP contribution in [0.4, 0.5) is 17.1 Å². The van der Waals surface area contributed by atoms with E-state index in [0.29, 0.717) is 0 Å². The van der Waals surface area contributed by atoms with Crippen molar-refractivity contribution in [2.45, 2.75) is 12.3 Å². The molecule has 1 spiro atoms. The van der Waals surface area contributed by atoms with Gasteiger partial charge in [-0.1, -0.05) is 152 Å². The molecule has 13 rings (SSSR count). The number of hydrogen-bond donors (Lipinski definition) is 0. The van der Waals surface area contributed by atoms with Gasteiger partial charge in [0.15, 0.2) is 0 Å². The van der Waals surface area contributed by atoms with E-state index in [0.717, 1.165) is 39.2 Å². The quantitative estimate of drug-likeness (QED) is 0.179. The molecule has 276 valence electrons. The van der Waals surface area contributed by atoms with E-state index < -0.39 is 5.41 Å². The Balaban J connectivity index is 1.18. The van der Waals surface area contributed by atoms with Crippen molar-refractivity contribution in [3.05, 3.63) is 228 Å². The molecule has 9 aromatic carbocycles. The van der Waals surface area contributed by atoms with Crippen molar-refractivity contribution in [2.75, 3.05) is 4.90 Å². The number of fused-ring (bicyclic) bond motifs is 14. The van der Waals surface area contributed by atoms with Gasteiger partial charge in [0.05, 0.1) is 27.8 Å². The second-order valence-electron chi connectivity index (χ2n) is 16.0. The maximum Gasteiger partial charge on any atom is 0.138 e. The number of aryl methyl sites for hydroxylation is 1. The highest BCUT2D eigenvalue weighted by Crippen LogP contribution is 2.64. The van der Waals surface area contributed by atoms with Gasteiger partial charge in [-0.15, -0.1) is 0 Å². The SMILES string of the molecule is Cc1c(-c2cccc(N(c3ccccc3)c3c4c(cc5ccccc35)C3(c5ccccc5-4)c4ccccc4-n4c5ccccc5c5cccc3c54)c2)oc2ccccc12. The van der Waals surface area contributed by atoms with Crippen molar-refractivity contribution in [1.82, 2.24) is 4.57 Å². The Morgan fingerprint density at radius 2 is 1.15 bits per heavy atom. The van der Waals surface area contributed by atoms with Gasteiger partial charge in [-0.3, -0.25) is 0 Å². The highest BCUT2D eigenvalue weighted by atomic mass is 16.3. The molecular weight excluding hydrogens is 717 g/mol. The molecule has 2 aromatic heterocycles. The molecule has 0 bridgehead atoms. The third kappa shape index (κ3) is 4.21. The molecule has 1 atom stereocenters. The largest absolute Gasteiger partial charge is 0.456 e. The van der Waals surface area contributed by atoms with Crippen LogP contribution in [0.15, 0.2) is 205 Å². The number of hydrogen-bond acceptors (Lipinski definition) is 2. The molecule has 3 nitrogen and oxygen atoms in total. The molecule has 0 fully saturated rings. The molecule has 0 amide bonds. The highest BCUT2D eigenvalue weighted by Gasteiger charge is 2.52. The molecule has 0 radical (unpaired) electrons. The summed E-state index contributed by atoms with van der Waals surface area (Å²) in [5, 5.41) is 6.10. The summed E-state index contributed by atoms with van der Waals surface area (Å²) in [6.45, 7) is 2.17. The van der Waals surface area contributed by atoms with Crippen LogP contribution in [0.1, 0.15) is 27.8 Å². The van der Waals surface area contributed by atoms with Gasteiger partial charge in [-0.25, -0.2) is 0 Å². The summed E-state index contributed by atoms with van der Waals surface area (Å²) < 4.78 is 9.11. The Kier molecular flexibility index (Phi) is 6.58. The zero-order valence-corrected chi connectivity index (χ0v) is 32.4. The molecule has 3 heteroatoms. The fourth-order valence-corrected chi connectivity index (χ4v) is 10.8.